The lowest BCUT2D eigenvalue weighted by Gasteiger charge is -2.42. The minimum atomic E-state index is -0.108. The van der Waals surface area contributed by atoms with Crippen LogP contribution in [0.3, 0.4) is 0 Å². The fourth-order valence-corrected chi connectivity index (χ4v) is 2.68. The molecule has 0 aromatic carbocycles. The first kappa shape index (κ1) is 14.6. The second-order valence-electron chi connectivity index (χ2n) is 6.29. The van der Waals surface area contributed by atoms with E-state index in [4.69, 9.17) is 4.74 Å². The van der Waals surface area contributed by atoms with Gasteiger partial charge in [-0.25, -0.2) is 4.79 Å². The number of carbonyl (C=O) groups excluding carboxylic acids is 1. The molecular weight excluding hydrogens is 244 g/mol. The maximum Gasteiger partial charge on any atom is 0.314 e. The van der Waals surface area contributed by atoms with Crippen LogP contribution in [0.1, 0.15) is 38.5 Å². The molecule has 0 aliphatic heterocycles. The van der Waals surface area contributed by atoms with Crippen molar-refractivity contribution in [1.29, 1.82) is 0 Å². The maximum absolute atomic E-state index is 11.8. The number of methoxy groups -OCH3 is 1. The third-order valence-electron chi connectivity index (χ3n) is 4.79. The Kier molecular flexibility index (Phi) is 4.68. The Balaban J connectivity index is 1.65. The van der Waals surface area contributed by atoms with Gasteiger partial charge >= 0.3 is 6.03 Å². The summed E-state index contributed by atoms with van der Waals surface area (Å²) < 4.78 is 5.14. The van der Waals surface area contributed by atoms with Gasteiger partial charge in [0.1, 0.15) is 0 Å². The molecule has 0 saturated heterocycles. The molecule has 2 fully saturated rings. The van der Waals surface area contributed by atoms with Crippen LogP contribution in [0.15, 0.2) is 0 Å². The van der Waals surface area contributed by atoms with Crippen LogP contribution in [0, 0.1) is 10.8 Å². The normalized spacial score (nSPS) is 22.4. The van der Waals surface area contributed by atoms with E-state index in [0.29, 0.717) is 6.54 Å². The fourth-order valence-electron chi connectivity index (χ4n) is 2.68. The maximum atomic E-state index is 11.8. The average Bonchev–Trinajstić information content (AvgIpc) is 3.15. The summed E-state index contributed by atoms with van der Waals surface area (Å²) in [6, 6.07) is -0.108. The largest absolute Gasteiger partial charge is 0.396 e. The van der Waals surface area contributed by atoms with Crippen LogP contribution >= 0.6 is 0 Å². The third kappa shape index (κ3) is 3.83. The molecule has 2 amide bonds. The SMILES string of the molecule is COCCC1(CNC(=O)NCC2(CO)CC2)CCC1. The Bertz CT molecular complexity index is 312. The smallest absolute Gasteiger partial charge is 0.314 e. The zero-order valence-corrected chi connectivity index (χ0v) is 11.8. The van der Waals surface area contributed by atoms with E-state index in [1.54, 1.807) is 7.11 Å². The molecule has 2 aliphatic carbocycles. The van der Waals surface area contributed by atoms with Crippen LogP contribution in [-0.2, 0) is 4.74 Å². The van der Waals surface area contributed by atoms with E-state index in [2.05, 4.69) is 10.6 Å². The van der Waals surface area contributed by atoms with Crippen molar-refractivity contribution in [3.05, 3.63) is 0 Å². The summed E-state index contributed by atoms with van der Waals surface area (Å²) >= 11 is 0. The molecular formula is C14H26N2O3. The second kappa shape index (κ2) is 6.09. The summed E-state index contributed by atoms with van der Waals surface area (Å²) in [4.78, 5) is 11.8. The van der Waals surface area contributed by atoms with Crippen LogP contribution in [0.5, 0.6) is 0 Å². The lowest BCUT2D eigenvalue weighted by atomic mass is 9.67. The number of nitrogens with one attached hydrogen (secondary N) is 2. The van der Waals surface area contributed by atoms with Gasteiger partial charge in [0.15, 0.2) is 0 Å². The van der Waals surface area contributed by atoms with E-state index in [1.165, 1.54) is 19.3 Å². The second-order valence-corrected chi connectivity index (χ2v) is 6.29. The van der Waals surface area contributed by atoms with Gasteiger partial charge in [-0.2, -0.15) is 0 Å². The van der Waals surface area contributed by atoms with E-state index < -0.39 is 0 Å². The highest BCUT2D eigenvalue weighted by atomic mass is 16.5. The van der Waals surface area contributed by atoms with Crippen molar-refractivity contribution in [2.24, 2.45) is 10.8 Å². The van der Waals surface area contributed by atoms with Crippen LogP contribution in [0.25, 0.3) is 0 Å². The quantitative estimate of drug-likeness (QED) is 0.622. The van der Waals surface area contributed by atoms with Crippen molar-refractivity contribution in [2.45, 2.75) is 38.5 Å². The lowest BCUT2D eigenvalue weighted by molar-refractivity contribution is 0.0711. The zero-order valence-electron chi connectivity index (χ0n) is 11.8. The molecule has 0 radical (unpaired) electrons. The predicted octanol–water partition coefficient (Wildman–Crippen LogP) is 1.26. The highest BCUT2D eigenvalue weighted by Gasteiger charge is 2.42. The van der Waals surface area contributed by atoms with Crippen molar-refractivity contribution in [1.82, 2.24) is 10.6 Å². The number of hydrogen-bond acceptors (Lipinski definition) is 3. The molecule has 0 aromatic heterocycles. The van der Waals surface area contributed by atoms with Gasteiger partial charge in [-0.05, 0) is 37.5 Å². The number of aliphatic hydroxyl groups is 1. The summed E-state index contributed by atoms with van der Waals surface area (Å²) in [7, 11) is 1.72. The predicted molar refractivity (Wildman–Crippen MR) is 72.9 cm³/mol. The number of urea groups is 1. The standard InChI is InChI=1S/C14H26N2O3/c1-19-8-7-13(3-2-4-13)9-15-12(18)16-10-14(11-17)5-6-14/h17H,2-11H2,1H3,(H2,15,16,18). The van der Waals surface area contributed by atoms with E-state index in [1.807, 2.05) is 0 Å². The molecule has 2 saturated carbocycles. The van der Waals surface area contributed by atoms with Crippen LogP contribution in [0.2, 0.25) is 0 Å². The van der Waals surface area contributed by atoms with Gasteiger partial charge in [0.2, 0.25) is 0 Å². The molecule has 0 spiro atoms. The minimum Gasteiger partial charge on any atom is -0.396 e. The summed E-state index contributed by atoms with van der Waals surface area (Å²) in [5.41, 5.74) is 0.225. The summed E-state index contributed by atoms with van der Waals surface area (Å²) in [5, 5.41) is 15.0. The molecule has 3 N–H and O–H groups in total. The number of ether oxygens (including phenoxy) is 1. The number of rotatable bonds is 8. The Hall–Kier alpha value is -0.810. The monoisotopic (exact) mass is 270 g/mol. The van der Waals surface area contributed by atoms with E-state index in [0.717, 1.165) is 32.4 Å². The van der Waals surface area contributed by atoms with Crippen LogP contribution in [0.4, 0.5) is 4.79 Å². The van der Waals surface area contributed by atoms with Crippen molar-refractivity contribution in [3.8, 4) is 0 Å². The van der Waals surface area contributed by atoms with Crippen molar-refractivity contribution in [2.75, 3.05) is 33.4 Å². The Morgan fingerprint density at radius 3 is 2.21 bits per heavy atom. The first-order chi connectivity index (χ1) is 9.14. The molecule has 0 atom stereocenters. The number of hydrogen-bond donors (Lipinski definition) is 3. The first-order valence-electron chi connectivity index (χ1n) is 7.25. The van der Waals surface area contributed by atoms with Crippen molar-refractivity contribution in [3.63, 3.8) is 0 Å². The molecule has 5 nitrogen and oxygen atoms in total. The van der Waals surface area contributed by atoms with E-state index in [-0.39, 0.29) is 23.5 Å². The molecule has 0 aromatic rings. The third-order valence-corrected chi connectivity index (χ3v) is 4.79. The molecule has 0 bridgehead atoms. The number of aliphatic hydroxyl groups excluding tert-OH is 1. The highest BCUT2D eigenvalue weighted by Crippen LogP contribution is 2.44. The van der Waals surface area contributed by atoms with E-state index >= 15 is 0 Å². The van der Waals surface area contributed by atoms with E-state index in [9.17, 15) is 9.90 Å². The molecule has 110 valence electrons. The lowest BCUT2D eigenvalue weighted by Crippen LogP contribution is -2.47. The van der Waals surface area contributed by atoms with Gasteiger partial charge in [0.25, 0.3) is 0 Å². The minimum absolute atomic E-state index is 0.0262. The summed E-state index contributed by atoms with van der Waals surface area (Å²) in [5.74, 6) is 0. The average molecular weight is 270 g/mol. The van der Waals surface area contributed by atoms with Gasteiger partial charge in [0, 0.05) is 32.2 Å². The van der Waals surface area contributed by atoms with Gasteiger partial charge in [0.05, 0.1) is 6.61 Å². The summed E-state index contributed by atoms with van der Waals surface area (Å²) in [6.07, 6.45) is 6.66. The topological polar surface area (TPSA) is 70.6 Å². The van der Waals surface area contributed by atoms with Gasteiger partial charge in [-0.1, -0.05) is 6.42 Å². The van der Waals surface area contributed by atoms with Crippen LogP contribution < -0.4 is 10.6 Å². The van der Waals surface area contributed by atoms with Gasteiger partial charge in [-0.3, -0.25) is 0 Å². The molecule has 2 aliphatic rings. The molecule has 0 heterocycles. The molecule has 5 heteroatoms. The first-order valence-corrected chi connectivity index (χ1v) is 7.25. The number of carbonyl (C=O) groups is 1. The van der Waals surface area contributed by atoms with Crippen LogP contribution in [-0.4, -0.2) is 44.6 Å². The van der Waals surface area contributed by atoms with Gasteiger partial charge < -0.3 is 20.5 Å². The number of amides is 2. The molecule has 2 rings (SSSR count). The Morgan fingerprint density at radius 2 is 1.79 bits per heavy atom. The Morgan fingerprint density at radius 1 is 1.16 bits per heavy atom. The Labute approximate surface area is 115 Å². The molecule has 19 heavy (non-hydrogen) atoms. The zero-order chi connectivity index (χ0) is 13.8. The van der Waals surface area contributed by atoms with Crippen molar-refractivity contribution >= 4 is 6.03 Å². The van der Waals surface area contributed by atoms with Crippen molar-refractivity contribution < 1.29 is 14.6 Å². The fraction of sp³-hybridized carbons (Fsp3) is 0.929. The molecule has 0 unspecified atom stereocenters. The summed E-state index contributed by atoms with van der Waals surface area (Å²) in [6.45, 7) is 2.25. The highest BCUT2D eigenvalue weighted by molar-refractivity contribution is 5.74. The van der Waals surface area contributed by atoms with Gasteiger partial charge in [-0.15, -0.1) is 0 Å².